The molecule has 2 rings (SSSR count). The highest BCUT2D eigenvalue weighted by Gasteiger charge is 2.30. The second-order valence-electron chi connectivity index (χ2n) is 4.41. The number of thiazole rings is 1. The summed E-state index contributed by atoms with van der Waals surface area (Å²) in [6.45, 7) is -0.232. The van der Waals surface area contributed by atoms with Crippen LogP contribution < -0.4 is 4.90 Å². The molecule has 0 aliphatic heterocycles. The van der Waals surface area contributed by atoms with Crippen LogP contribution in [0.5, 0.6) is 0 Å². The van der Waals surface area contributed by atoms with Crippen molar-refractivity contribution in [2.45, 2.75) is 6.18 Å². The lowest BCUT2D eigenvalue weighted by molar-refractivity contribution is -0.380. The number of hydrogen-bond acceptors (Lipinski definition) is 5. The van der Waals surface area contributed by atoms with Crippen LogP contribution in [0, 0.1) is 22.5 Å². The maximum absolute atomic E-state index is 12.5. The van der Waals surface area contributed by atoms with Crippen LogP contribution in [-0.2, 0) is 6.18 Å². The van der Waals surface area contributed by atoms with Crippen molar-refractivity contribution in [3.05, 3.63) is 51.7 Å². The van der Waals surface area contributed by atoms with Gasteiger partial charge >= 0.3 is 11.2 Å². The van der Waals surface area contributed by atoms with Crippen LogP contribution in [-0.4, -0.2) is 22.4 Å². The monoisotopic (exact) mass is 355 g/mol. The van der Waals surface area contributed by atoms with E-state index in [2.05, 4.69) is 10.9 Å². The quantitative estimate of drug-likeness (QED) is 0.479. The van der Waals surface area contributed by atoms with E-state index in [0.717, 1.165) is 35.4 Å². The third kappa shape index (κ3) is 3.69. The number of halogens is 3. The molecule has 6 nitrogen and oxygen atoms in total. The second-order valence-corrected chi connectivity index (χ2v) is 5.40. The minimum atomic E-state index is -4.52. The molecule has 2 aromatic rings. The fourth-order valence-corrected chi connectivity index (χ4v) is 2.47. The molecule has 1 aromatic heterocycles. The van der Waals surface area contributed by atoms with Gasteiger partial charge in [0.25, 0.3) is 5.91 Å². The average molecular weight is 355 g/mol. The highest BCUT2D eigenvalue weighted by molar-refractivity contribution is 7.18. The fraction of sp³-hybridized carbons (Fsp3) is 0.143. The molecule has 0 aliphatic carbocycles. The minimum Gasteiger partial charge on any atom is -0.272 e. The fourth-order valence-electron chi connectivity index (χ4n) is 1.74. The zero-order chi connectivity index (χ0) is 17.9. The number of alkyl halides is 3. The van der Waals surface area contributed by atoms with Crippen molar-refractivity contribution in [2.75, 3.05) is 11.4 Å². The van der Waals surface area contributed by atoms with Crippen molar-refractivity contribution in [1.29, 1.82) is 0 Å². The van der Waals surface area contributed by atoms with Gasteiger partial charge < -0.3 is 0 Å². The van der Waals surface area contributed by atoms with Crippen molar-refractivity contribution >= 4 is 27.4 Å². The number of hydrogen-bond donors (Lipinski definition) is 0. The predicted molar refractivity (Wildman–Crippen MR) is 80.7 cm³/mol. The second kappa shape index (κ2) is 6.67. The van der Waals surface area contributed by atoms with Crippen molar-refractivity contribution in [3.8, 4) is 12.3 Å². The third-order valence-electron chi connectivity index (χ3n) is 2.85. The summed E-state index contributed by atoms with van der Waals surface area (Å²) in [5.41, 5.74) is -0.941. The molecule has 1 heterocycles. The van der Waals surface area contributed by atoms with Gasteiger partial charge in [-0.2, -0.15) is 13.2 Å². The standard InChI is InChI=1S/C14H8F3N3O3S/c1-2-7-19(13-18-8-11(24-13)20(22)23)12(21)9-3-5-10(6-4-9)14(15,16)17/h1,3-6,8H,7H2. The van der Waals surface area contributed by atoms with E-state index in [1.807, 2.05) is 0 Å². The first-order valence-electron chi connectivity index (χ1n) is 6.27. The Labute approximate surface area is 137 Å². The molecule has 1 aromatic carbocycles. The summed E-state index contributed by atoms with van der Waals surface area (Å²) >= 11 is 0.639. The van der Waals surface area contributed by atoms with Crippen LogP contribution in [0.2, 0.25) is 0 Å². The minimum absolute atomic E-state index is 0.00968. The third-order valence-corrected chi connectivity index (χ3v) is 3.82. The normalized spacial score (nSPS) is 10.9. The summed E-state index contributed by atoms with van der Waals surface area (Å²) in [7, 11) is 0. The van der Waals surface area contributed by atoms with Gasteiger partial charge in [0, 0.05) is 5.56 Å². The molecule has 0 saturated carbocycles. The lowest BCUT2D eigenvalue weighted by Gasteiger charge is -2.17. The first kappa shape index (κ1) is 17.4. The first-order valence-corrected chi connectivity index (χ1v) is 7.08. The molecule has 0 bridgehead atoms. The number of nitro groups is 1. The molecule has 10 heteroatoms. The summed E-state index contributed by atoms with van der Waals surface area (Å²) in [5.74, 6) is 1.51. The van der Waals surface area contributed by atoms with Crippen molar-refractivity contribution in [3.63, 3.8) is 0 Å². The van der Waals surface area contributed by atoms with E-state index in [9.17, 15) is 28.1 Å². The summed E-state index contributed by atoms with van der Waals surface area (Å²) in [6, 6.07) is 3.56. The molecule has 0 N–H and O–H groups in total. The van der Waals surface area contributed by atoms with Gasteiger partial charge in [-0.1, -0.05) is 5.92 Å². The molecule has 0 aliphatic rings. The van der Waals surface area contributed by atoms with Gasteiger partial charge in [0.05, 0.1) is 17.0 Å². The maximum atomic E-state index is 12.5. The van der Waals surface area contributed by atoms with E-state index in [4.69, 9.17) is 6.42 Å². The molecule has 0 radical (unpaired) electrons. The predicted octanol–water partition coefficient (Wildman–Crippen LogP) is 3.35. The van der Waals surface area contributed by atoms with Crippen LogP contribution in [0.25, 0.3) is 0 Å². The van der Waals surface area contributed by atoms with Gasteiger partial charge in [0.1, 0.15) is 6.20 Å². The van der Waals surface area contributed by atoms with Crippen LogP contribution in [0.15, 0.2) is 30.5 Å². The summed E-state index contributed by atoms with van der Waals surface area (Å²) < 4.78 is 37.6. The van der Waals surface area contributed by atoms with E-state index in [-0.39, 0.29) is 22.2 Å². The number of nitrogens with zero attached hydrogens (tertiary/aromatic N) is 3. The zero-order valence-electron chi connectivity index (χ0n) is 11.8. The van der Waals surface area contributed by atoms with Crippen molar-refractivity contribution < 1.29 is 22.9 Å². The Hall–Kier alpha value is -2.93. The number of benzene rings is 1. The van der Waals surface area contributed by atoms with Gasteiger partial charge in [-0.25, -0.2) is 4.98 Å². The van der Waals surface area contributed by atoms with Crippen LogP contribution >= 0.6 is 11.3 Å². The number of rotatable bonds is 4. The van der Waals surface area contributed by atoms with Gasteiger partial charge in [0.15, 0.2) is 5.13 Å². The van der Waals surface area contributed by atoms with Crippen LogP contribution in [0.3, 0.4) is 0 Å². The highest BCUT2D eigenvalue weighted by Crippen LogP contribution is 2.31. The number of terminal acetylenes is 1. The summed E-state index contributed by atoms with van der Waals surface area (Å²) in [6.07, 6.45) is 1.64. The van der Waals surface area contributed by atoms with Crippen molar-refractivity contribution in [2.24, 2.45) is 0 Å². The Bertz CT molecular complexity index is 809. The number of carbonyl (C=O) groups is 1. The van der Waals surface area contributed by atoms with Gasteiger partial charge in [-0.3, -0.25) is 19.8 Å². The molecule has 0 unspecified atom stereocenters. The molecule has 0 saturated heterocycles. The summed E-state index contributed by atoms with van der Waals surface area (Å²) in [5, 5.41) is 10.4. The van der Waals surface area contributed by atoms with Gasteiger partial charge in [0.2, 0.25) is 0 Å². The molecule has 24 heavy (non-hydrogen) atoms. The van der Waals surface area contributed by atoms with E-state index >= 15 is 0 Å². The van der Waals surface area contributed by atoms with Crippen LogP contribution in [0.1, 0.15) is 15.9 Å². The number of aromatic nitrogens is 1. The van der Waals surface area contributed by atoms with Gasteiger partial charge in [-0.15, -0.1) is 6.42 Å². The Morgan fingerprint density at radius 3 is 2.46 bits per heavy atom. The molecular formula is C14H8F3N3O3S. The lowest BCUT2D eigenvalue weighted by Crippen LogP contribution is -2.31. The maximum Gasteiger partial charge on any atom is 0.416 e. The molecule has 124 valence electrons. The molecule has 0 spiro atoms. The van der Waals surface area contributed by atoms with E-state index in [0.29, 0.717) is 11.3 Å². The number of anilines is 1. The molecule has 0 atom stereocenters. The molecule has 1 amide bonds. The topological polar surface area (TPSA) is 76.3 Å². The molecular weight excluding hydrogens is 347 g/mol. The Morgan fingerprint density at radius 2 is 2.00 bits per heavy atom. The molecule has 0 fully saturated rings. The largest absolute Gasteiger partial charge is 0.416 e. The van der Waals surface area contributed by atoms with Gasteiger partial charge in [-0.05, 0) is 35.6 Å². The van der Waals surface area contributed by atoms with Crippen LogP contribution in [0.4, 0.5) is 23.3 Å². The highest BCUT2D eigenvalue weighted by atomic mass is 32.1. The van der Waals surface area contributed by atoms with E-state index < -0.39 is 22.6 Å². The Balaban J connectivity index is 2.32. The SMILES string of the molecule is C#CCN(C(=O)c1ccc(C(F)(F)F)cc1)c1ncc([N+](=O)[O-])s1. The average Bonchev–Trinajstić information content (AvgIpc) is 3.01. The first-order chi connectivity index (χ1) is 11.2. The van der Waals surface area contributed by atoms with E-state index in [1.54, 1.807) is 0 Å². The Morgan fingerprint density at radius 1 is 1.38 bits per heavy atom. The van der Waals surface area contributed by atoms with Crippen molar-refractivity contribution in [1.82, 2.24) is 4.98 Å². The Kier molecular flexibility index (Phi) is 4.85. The summed E-state index contributed by atoms with van der Waals surface area (Å²) in [4.78, 5) is 27.2. The number of carbonyl (C=O) groups excluding carboxylic acids is 1. The zero-order valence-corrected chi connectivity index (χ0v) is 12.6. The smallest absolute Gasteiger partial charge is 0.272 e. The lowest BCUT2D eigenvalue weighted by atomic mass is 10.1. The van der Waals surface area contributed by atoms with E-state index in [1.165, 1.54) is 0 Å². The number of amides is 1.